The first-order chi connectivity index (χ1) is 10.9. The van der Waals surface area contributed by atoms with Gasteiger partial charge in [0.2, 0.25) is 0 Å². The van der Waals surface area contributed by atoms with Gasteiger partial charge in [0, 0.05) is 10.0 Å². The predicted octanol–water partition coefficient (Wildman–Crippen LogP) is 4.05. The van der Waals surface area contributed by atoms with Crippen LogP contribution < -0.4 is 10.3 Å². The fraction of sp³-hybridized carbons (Fsp3) is 0.200. The van der Waals surface area contributed by atoms with Gasteiger partial charge in [-0.2, -0.15) is 5.26 Å². The third-order valence-electron chi connectivity index (χ3n) is 2.97. The molecule has 0 fully saturated rings. The lowest BCUT2D eigenvalue weighted by atomic mass is 10.1. The van der Waals surface area contributed by atoms with Crippen LogP contribution in [-0.2, 0) is 6.54 Å². The maximum atomic E-state index is 12.8. The zero-order valence-electron chi connectivity index (χ0n) is 11.6. The van der Waals surface area contributed by atoms with E-state index in [9.17, 15) is 13.6 Å². The van der Waals surface area contributed by atoms with E-state index in [4.69, 9.17) is 10.00 Å². The van der Waals surface area contributed by atoms with Crippen molar-refractivity contribution in [3.63, 3.8) is 0 Å². The average molecular weight is 495 g/mol. The number of nitriles is 1. The number of rotatable bonds is 5. The van der Waals surface area contributed by atoms with Crippen LogP contribution in [0.15, 0.2) is 39.6 Å². The van der Waals surface area contributed by atoms with Crippen molar-refractivity contribution in [1.29, 1.82) is 5.26 Å². The molecule has 4 nitrogen and oxygen atoms in total. The number of aromatic nitrogens is 1. The summed E-state index contributed by atoms with van der Waals surface area (Å²) in [7, 11) is 0. The Labute approximate surface area is 153 Å². The Morgan fingerprint density at radius 1 is 1.35 bits per heavy atom. The fourth-order valence-corrected chi connectivity index (χ4v) is 3.05. The van der Waals surface area contributed by atoms with Gasteiger partial charge in [0.25, 0.3) is 12.0 Å². The summed E-state index contributed by atoms with van der Waals surface area (Å²) in [5.41, 5.74) is 0.512. The first kappa shape index (κ1) is 17.9. The molecule has 120 valence electrons. The first-order valence-corrected chi connectivity index (χ1v) is 8.28. The third-order valence-corrected chi connectivity index (χ3v) is 4.45. The summed E-state index contributed by atoms with van der Waals surface area (Å²) in [6, 6.07) is 9.97. The molecule has 0 unspecified atom stereocenters. The third kappa shape index (κ3) is 4.29. The number of halogens is 4. The Morgan fingerprint density at radius 3 is 2.70 bits per heavy atom. The quantitative estimate of drug-likeness (QED) is 0.589. The van der Waals surface area contributed by atoms with Crippen LogP contribution in [-0.4, -0.2) is 17.6 Å². The highest BCUT2D eigenvalue weighted by Crippen LogP contribution is 2.31. The minimum Gasteiger partial charge on any atom is -0.479 e. The topological polar surface area (TPSA) is 55.0 Å². The lowest BCUT2D eigenvalue weighted by Crippen LogP contribution is -2.26. The van der Waals surface area contributed by atoms with E-state index in [1.54, 1.807) is 30.3 Å². The number of hydrogen-bond donors (Lipinski definition) is 0. The molecule has 0 saturated carbocycles. The summed E-state index contributed by atoms with van der Waals surface area (Å²) in [6.45, 7) is -0.768. The number of nitrogens with zero attached hydrogens (tertiary/aromatic N) is 2. The highest BCUT2D eigenvalue weighted by molar-refractivity contribution is 14.1. The van der Waals surface area contributed by atoms with Gasteiger partial charge in [-0.1, -0.05) is 0 Å². The van der Waals surface area contributed by atoms with Gasteiger partial charge < -0.3 is 9.30 Å². The summed E-state index contributed by atoms with van der Waals surface area (Å²) >= 11 is 5.17. The standard InChI is InChI=1S/C15H10BrF2IN2O2/c16-11-7-9(23-6-5-20)1-2-10(11)13-4-3-12(19)15(22)21(13)8-14(17)18/h1-4,7,14H,6,8H2. The SMILES string of the molecule is N#CCOc1ccc(-c2ccc(I)c(=O)n2CC(F)F)c(Br)c1. The molecule has 0 aliphatic rings. The van der Waals surface area contributed by atoms with Crippen LogP contribution in [0.4, 0.5) is 8.78 Å². The molecule has 2 aromatic rings. The number of pyridine rings is 1. The highest BCUT2D eigenvalue weighted by Gasteiger charge is 2.15. The van der Waals surface area contributed by atoms with Gasteiger partial charge in [-0.15, -0.1) is 0 Å². The maximum absolute atomic E-state index is 12.8. The molecule has 0 atom stereocenters. The summed E-state index contributed by atoms with van der Waals surface area (Å²) in [4.78, 5) is 12.2. The monoisotopic (exact) mass is 494 g/mol. The average Bonchev–Trinajstić information content (AvgIpc) is 2.50. The Morgan fingerprint density at radius 2 is 2.09 bits per heavy atom. The molecule has 2 rings (SSSR count). The van der Waals surface area contributed by atoms with Crippen LogP contribution >= 0.6 is 38.5 Å². The van der Waals surface area contributed by atoms with Crippen molar-refractivity contribution >= 4 is 38.5 Å². The second kappa shape index (κ2) is 7.88. The van der Waals surface area contributed by atoms with Crippen molar-refractivity contribution in [2.45, 2.75) is 13.0 Å². The van der Waals surface area contributed by atoms with Crippen LogP contribution in [0, 0.1) is 14.9 Å². The van der Waals surface area contributed by atoms with Crippen LogP contribution in [0.3, 0.4) is 0 Å². The summed E-state index contributed by atoms with van der Waals surface area (Å²) in [5.74, 6) is 0.468. The smallest absolute Gasteiger partial charge is 0.264 e. The van der Waals surface area contributed by atoms with Gasteiger partial charge in [-0.25, -0.2) is 8.78 Å². The number of alkyl halides is 2. The zero-order valence-corrected chi connectivity index (χ0v) is 15.3. The molecule has 0 spiro atoms. The molecule has 0 N–H and O–H groups in total. The van der Waals surface area contributed by atoms with Crippen molar-refractivity contribution < 1.29 is 13.5 Å². The van der Waals surface area contributed by atoms with Crippen molar-refractivity contribution in [1.82, 2.24) is 4.57 Å². The van der Waals surface area contributed by atoms with Crippen molar-refractivity contribution in [3.05, 3.63) is 48.7 Å². The fourth-order valence-electron chi connectivity index (χ4n) is 2.02. The van der Waals surface area contributed by atoms with Crippen LogP contribution in [0.5, 0.6) is 5.75 Å². The van der Waals surface area contributed by atoms with E-state index in [-0.39, 0.29) is 6.61 Å². The van der Waals surface area contributed by atoms with Gasteiger partial charge in [0.1, 0.15) is 11.8 Å². The number of hydrogen-bond acceptors (Lipinski definition) is 3. The van der Waals surface area contributed by atoms with Gasteiger partial charge >= 0.3 is 0 Å². The van der Waals surface area contributed by atoms with Crippen LogP contribution in [0.2, 0.25) is 0 Å². The maximum Gasteiger partial charge on any atom is 0.264 e. The van der Waals surface area contributed by atoms with Crippen LogP contribution in [0.25, 0.3) is 11.3 Å². The van der Waals surface area contributed by atoms with Gasteiger partial charge in [-0.05, 0) is 68.9 Å². The molecular formula is C15H10BrF2IN2O2. The molecule has 23 heavy (non-hydrogen) atoms. The van der Waals surface area contributed by atoms with Crippen molar-refractivity contribution in [3.8, 4) is 23.1 Å². The molecular weight excluding hydrogens is 485 g/mol. The molecule has 1 aromatic carbocycles. The lowest BCUT2D eigenvalue weighted by molar-refractivity contribution is 0.125. The summed E-state index contributed by atoms with van der Waals surface area (Å²) in [5, 5.41) is 8.51. The molecule has 0 radical (unpaired) electrons. The normalized spacial score (nSPS) is 10.6. The number of ether oxygens (including phenoxy) is 1. The first-order valence-electron chi connectivity index (χ1n) is 6.41. The molecule has 1 heterocycles. The zero-order chi connectivity index (χ0) is 17.0. The molecule has 0 amide bonds. The largest absolute Gasteiger partial charge is 0.479 e. The van der Waals surface area contributed by atoms with Crippen molar-refractivity contribution in [2.75, 3.05) is 6.61 Å². The Hall–Kier alpha value is -1.47. The second-order valence-electron chi connectivity index (χ2n) is 4.46. The molecule has 0 aliphatic carbocycles. The van der Waals surface area contributed by atoms with E-state index in [1.165, 1.54) is 0 Å². The van der Waals surface area contributed by atoms with E-state index in [0.29, 0.717) is 25.0 Å². The van der Waals surface area contributed by atoms with E-state index >= 15 is 0 Å². The van der Waals surface area contributed by atoms with Crippen molar-refractivity contribution in [2.24, 2.45) is 0 Å². The molecule has 8 heteroatoms. The summed E-state index contributed by atoms with van der Waals surface area (Å²) in [6.07, 6.45) is -2.64. The Balaban J connectivity index is 2.52. The highest BCUT2D eigenvalue weighted by atomic mass is 127. The minimum absolute atomic E-state index is 0.0919. The van der Waals surface area contributed by atoms with Gasteiger partial charge in [-0.3, -0.25) is 4.79 Å². The Kier molecular flexibility index (Phi) is 6.12. The predicted molar refractivity (Wildman–Crippen MR) is 93.7 cm³/mol. The molecule has 0 bridgehead atoms. The van der Waals surface area contributed by atoms with E-state index < -0.39 is 18.5 Å². The van der Waals surface area contributed by atoms with Crippen LogP contribution in [0.1, 0.15) is 0 Å². The molecule has 1 aromatic heterocycles. The van der Waals surface area contributed by atoms with Gasteiger partial charge in [0.15, 0.2) is 6.61 Å². The number of benzene rings is 1. The Bertz CT molecular complexity index is 818. The van der Waals surface area contributed by atoms with E-state index in [1.807, 2.05) is 28.7 Å². The lowest BCUT2D eigenvalue weighted by Gasteiger charge is -2.15. The van der Waals surface area contributed by atoms with Gasteiger partial charge in [0.05, 0.1) is 15.8 Å². The van der Waals surface area contributed by atoms with E-state index in [2.05, 4.69) is 15.9 Å². The molecule has 0 aliphatic heterocycles. The minimum atomic E-state index is -2.64. The second-order valence-corrected chi connectivity index (χ2v) is 6.48. The van der Waals surface area contributed by atoms with E-state index in [0.717, 1.165) is 4.57 Å². The molecule has 0 saturated heterocycles. The summed E-state index contributed by atoms with van der Waals surface area (Å²) < 4.78 is 32.8.